The highest BCUT2D eigenvalue weighted by Crippen LogP contribution is 2.18. The number of hydrogen-bond donors (Lipinski definition) is 1. The molecular formula is C12H14N2O. The molecule has 1 heterocycles. The summed E-state index contributed by atoms with van der Waals surface area (Å²) in [6, 6.07) is 7.84. The van der Waals surface area contributed by atoms with Crippen molar-refractivity contribution in [2.75, 3.05) is 5.73 Å². The number of nitrogens with zero attached hydrogens (tertiary/aromatic N) is 1. The lowest BCUT2D eigenvalue weighted by molar-refractivity contribution is -0.117. The molecule has 0 spiro atoms. The Morgan fingerprint density at radius 1 is 1.40 bits per heavy atom. The summed E-state index contributed by atoms with van der Waals surface area (Å²) in [6.45, 7) is 2.35. The summed E-state index contributed by atoms with van der Waals surface area (Å²) in [4.78, 5) is 10.9. The van der Waals surface area contributed by atoms with Crippen LogP contribution in [0.4, 0.5) is 5.69 Å². The number of fused-ring (bicyclic) bond motifs is 1. The van der Waals surface area contributed by atoms with Crippen molar-refractivity contribution in [1.82, 2.24) is 4.57 Å². The van der Waals surface area contributed by atoms with E-state index in [1.165, 1.54) is 0 Å². The highest BCUT2D eigenvalue weighted by atomic mass is 16.1. The van der Waals surface area contributed by atoms with Crippen molar-refractivity contribution in [3.8, 4) is 0 Å². The molecule has 0 amide bonds. The molecule has 3 heteroatoms. The summed E-state index contributed by atoms with van der Waals surface area (Å²) in [7, 11) is 0. The minimum Gasteiger partial charge on any atom is -0.399 e. The fourth-order valence-corrected chi connectivity index (χ4v) is 1.69. The summed E-state index contributed by atoms with van der Waals surface area (Å²) in [5, 5.41) is 1.12. The van der Waals surface area contributed by atoms with Crippen molar-refractivity contribution in [2.45, 2.75) is 19.9 Å². The molecule has 0 saturated heterocycles. The zero-order chi connectivity index (χ0) is 10.8. The largest absolute Gasteiger partial charge is 0.399 e. The molecule has 0 saturated carbocycles. The first-order valence-electron chi connectivity index (χ1n) is 5.00. The van der Waals surface area contributed by atoms with E-state index in [9.17, 15) is 4.79 Å². The smallest absolute Gasteiger partial charge is 0.131 e. The van der Waals surface area contributed by atoms with Crippen LogP contribution in [0.25, 0.3) is 10.9 Å². The Morgan fingerprint density at radius 3 is 2.93 bits per heavy atom. The van der Waals surface area contributed by atoms with Gasteiger partial charge in [-0.05, 0) is 31.2 Å². The van der Waals surface area contributed by atoms with Crippen molar-refractivity contribution in [2.24, 2.45) is 0 Å². The molecule has 0 aliphatic carbocycles. The van der Waals surface area contributed by atoms with Gasteiger partial charge in [0.1, 0.15) is 5.78 Å². The highest BCUT2D eigenvalue weighted by Gasteiger charge is 2.01. The Balaban J connectivity index is 2.32. The SMILES string of the molecule is CC(=O)CCn1ccc2cc(N)ccc21. The van der Waals surface area contributed by atoms with Gasteiger partial charge in [-0.15, -0.1) is 0 Å². The molecule has 2 rings (SSSR count). The lowest BCUT2D eigenvalue weighted by Crippen LogP contribution is -2.00. The lowest BCUT2D eigenvalue weighted by atomic mass is 10.2. The van der Waals surface area contributed by atoms with Crippen molar-refractivity contribution in [1.29, 1.82) is 0 Å². The summed E-state index contributed by atoms with van der Waals surface area (Å²) in [5.41, 5.74) is 7.59. The minimum atomic E-state index is 0.215. The number of Topliss-reactive ketones (excluding diaryl/α,β-unsaturated/α-hetero) is 1. The van der Waals surface area contributed by atoms with Crippen molar-refractivity contribution in [3.05, 3.63) is 30.5 Å². The zero-order valence-corrected chi connectivity index (χ0v) is 8.73. The van der Waals surface area contributed by atoms with Gasteiger partial charge in [-0.1, -0.05) is 0 Å². The van der Waals surface area contributed by atoms with E-state index < -0.39 is 0 Å². The maximum Gasteiger partial charge on any atom is 0.131 e. The zero-order valence-electron chi connectivity index (χ0n) is 8.73. The van der Waals surface area contributed by atoms with Gasteiger partial charge in [0, 0.05) is 35.8 Å². The Labute approximate surface area is 88.5 Å². The number of carbonyl (C=O) groups excluding carboxylic acids is 1. The van der Waals surface area contributed by atoms with Crippen LogP contribution >= 0.6 is 0 Å². The summed E-state index contributed by atoms with van der Waals surface area (Å²) in [6.07, 6.45) is 2.57. The van der Waals surface area contributed by atoms with E-state index in [1.54, 1.807) is 6.92 Å². The maximum atomic E-state index is 10.9. The molecule has 2 aromatic rings. The third-order valence-electron chi connectivity index (χ3n) is 2.50. The van der Waals surface area contributed by atoms with Crippen LogP contribution in [0.15, 0.2) is 30.5 Å². The van der Waals surface area contributed by atoms with E-state index >= 15 is 0 Å². The highest BCUT2D eigenvalue weighted by molar-refractivity contribution is 5.83. The first kappa shape index (κ1) is 9.77. The quantitative estimate of drug-likeness (QED) is 0.776. The van der Waals surface area contributed by atoms with Gasteiger partial charge >= 0.3 is 0 Å². The molecule has 0 aliphatic heterocycles. The van der Waals surface area contributed by atoms with Crippen LogP contribution in [0.1, 0.15) is 13.3 Å². The third kappa shape index (κ3) is 2.01. The minimum absolute atomic E-state index is 0.215. The Kier molecular flexibility index (Phi) is 2.46. The second kappa shape index (κ2) is 3.77. The second-order valence-electron chi connectivity index (χ2n) is 3.78. The third-order valence-corrected chi connectivity index (χ3v) is 2.50. The van der Waals surface area contributed by atoms with E-state index in [2.05, 4.69) is 4.57 Å². The van der Waals surface area contributed by atoms with Crippen molar-refractivity contribution < 1.29 is 4.79 Å². The van der Waals surface area contributed by atoms with E-state index in [1.807, 2.05) is 30.5 Å². The predicted molar refractivity (Wildman–Crippen MR) is 61.6 cm³/mol. The Morgan fingerprint density at radius 2 is 2.20 bits per heavy atom. The summed E-state index contributed by atoms with van der Waals surface area (Å²) in [5.74, 6) is 0.215. The fraction of sp³-hybridized carbons (Fsp3) is 0.250. The number of ketones is 1. The number of benzene rings is 1. The number of nitrogens with two attached hydrogens (primary N) is 1. The van der Waals surface area contributed by atoms with Gasteiger partial charge in [0.2, 0.25) is 0 Å². The van der Waals surface area contributed by atoms with Gasteiger partial charge in [-0.25, -0.2) is 0 Å². The first-order chi connectivity index (χ1) is 7.16. The lowest BCUT2D eigenvalue weighted by Gasteiger charge is -2.03. The van der Waals surface area contributed by atoms with E-state index in [0.717, 1.165) is 23.1 Å². The number of aromatic nitrogens is 1. The molecule has 1 aromatic heterocycles. The van der Waals surface area contributed by atoms with Crippen LogP contribution in [0.5, 0.6) is 0 Å². The second-order valence-corrected chi connectivity index (χ2v) is 3.78. The number of aryl methyl sites for hydroxylation is 1. The molecule has 0 radical (unpaired) electrons. The van der Waals surface area contributed by atoms with Crippen LogP contribution in [0.3, 0.4) is 0 Å². The number of nitrogen functional groups attached to an aromatic ring is 1. The molecule has 0 bridgehead atoms. The molecular weight excluding hydrogens is 188 g/mol. The van der Waals surface area contributed by atoms with Gasteiger partial charge in [-0.3, -0.25) is 4.79 Å². The van der Waals surface area contributed by atoms with Crippen LogP contribution in [0.2, 0.25) is 0 Å². The van der Waals surface area contributed by atoms with Gasteiger partial charge in [0.05, 0.1) is 0 Å². The Bertz CT molecular complexity index is 499. The molecule has 78 valence electrons. The molecule has 2 N–H and O–H groups in total. The predicted octanol–water partition coefficient (Wildman–Crippen LogP) is 2.20. The van der Waals surface area contributed by atoms with Crippen LogP contribution in [-0.2, 0) is 11.3 Å². The maximum absolute atomic E-state index is 10.9. The van der Waals surface area contributed by atoms with Gasteiger partial charge in [0.25, 0.3) is 0 Å². The van der Waals surface area contributed by atoms with Gasteiger partial charge in [0.15, 0.2) is 0 Å². The molecule has 0 aliphatic rings. The average molecular weight is 202 g/mol. The molecule has 0 atom stereocenters. The Hall–Kier alpha value is -1.77. The van der Waals surface area contributed by atoms with Crippen LogP contribution in [-0.4, -0.2) is 10.4 Å². The van der Waals surface area contributed by atoms with E-state index in [-0.39, 0.29) is 5.78 Å². The van der Waals surface area contributed by atoms with E-state index in [4.69, 9.17) is 5.73 Å². The number of hydrogen-bond acceptors (Lipinski definition) is 2. The fourth-order valence-electron chi connectivity index (χ4n) is 1.69. The average Bonchev–Trinajstić information content (AvgIpc) is 2.57. The number of carbonyl (C=O) groups is 1. The standard InChI is InChI=1S/C12H14N2O/c1-9(15)4-6-14-7-5-10-8-11(13)2-3-12(10)14/h2-3,5,7-8H,4,6,13H2,1H3. The van der Waals surface area contributed by atoms with Crippen LogP contribution in [0, 0.1) is 0 Å². The number of anilines is 1. The molecule has 0 unspecified atom stereocenters. The van der Waals surface area contributed by atoms with Gasteiger partial charge < -0.3 is 10.3 Å². The molecule has 3 nitrogen and oxygen atoms in total. The summed E-state index contributed by atoms with van der Waals surface area (Å²) >= 11 is 0. The van der Waals surface area contributed by atoms with E-state index in [0.29, 0.717) is 6.42 Å². The number of rotatable bonds is 3. The molecule has 15 heavy (non-hydrogen) atoms. The first-order valence-corrected chi connectivity index (χ1v) is 5.00. The normalized spacial score (nSPS) is 10.7. The van der Waals surface area contributed by atoms with Gasteiger partial charge in [-0.2, -0.15) is 0 Å². The van der Waals surface area contributed by atoms with Crippen molar-refractivity contribution in [3.63, 3.8) is 0 Å². The summed E-state index contributed by atoms with van der Waals surface area (Å²) < 4.78 is 2.08. The monoisotopic (exact) mass is 202 g/mol. The van der Waals surface area contributed by atoms with Crippen molar-refractivity contribution >= 4 is 22.4 Å². The molecule has 0 fully saturated rings. The van der Waals surface area contributed by atoms with Crippen LogP contribution < -0.4 is 5.73 Å². The molecule has 1 aromatic carbocycles. The topological polar surface area (TPSA) is 48.0 Å².